The van der Waals surface area contributed by atoms with Gasteiger partial charge in [0.15, 0.2) is 5.82 Å². The Morgan fingerprint density at radius 1 is 1.05 bits per heavy atom. The fraction of sp³-hybridized carbons (Fsp3) is 0.327. The fourth-order valence-corrected chi connectivity index (χ4v) is 13.0. The van der Waals surface area contributed by atoms with Gasteiger partial charge in [0.2, 0.25) is 6.10 Å². The number of piperazine rings is 1. The second kappa shape index (κ2) is 20.2. The van der Waals surface area contributed by atoms with Crippen LogP contribution in [0.1, 0.15) is 54.5 Å². The highest BCUT2D eigenvalue weighted by atomic mass is 35.5. The SMILES string of the molecule is C=C(COC(=O)NCC(=O)OC1C(=O)OCc2c1cc1n(c2=O)Cc2cc3cc(N)c(F)cc3nc2-1)C(=O)N1CCN(c2nc(OC[C@@]34CCCN3CC(F)C4)nc3c(F)c(-c4ccc(F)c5sc(N)c(C#N)c45)c(Cl)cc23)C(C)C1. The molecule has 3 fully saturated rings. The topological polar surface area (TPSA) is 263 Å². The lowest BCUT2D eigenvalue weighted by Crippen LogP contribution is -2.54. The van der Waals surface area contributed by atoms with Gasteiger partial charge in [-0.2, -0.15) is 15.2 Å². The number of alkyl carbamates (subject to hydrolysis) is 1. The molecule has 3 saturated heterocycles. The van der Waals surface area contributed by atoms with E-state index in [1.807, 2.05) is 11.0 Å². The summed E-state index contributed by atoms with van der Waals surface area (Å²) < 4.78 is 85.3. The number of thiophene rings is 1. The molecule has 4 aromatic heterocycles. The molecular weight excluding hydrogens is 1100 g/mol. The summed E-state index contributed by atoms with van der Waals surface area (Å²) in [5, 5.41) is 13.0. The van der Waals surface area contributed by atoms with E-state index in [0.717, 1.165) is 23.8 Å². The van der Waals surface area contributed by atoms with E-state index < -0.39 is 90.6 Å². The predicted octanol–water partition coefficient (Wildman–Crippen LogP) is 6.97. The van der Waals surface area contributed by atoms with Gasteiger partial charge in [-0.25, -0.2) is 32.1 Å². The quantitative estimate of drug-likeness (QED) is 0.0388. The summed E-state index contributed by atoms with van der Waals surface area (Å²) in [4.78, 5) is 85.8. The maximum atomic E-state index is 17.4. The molecule has 5 aliphatic heterocycles. The Balaban J connectivity index is 0.717. The molecule has 3 unspecified atom stereocenters. The minimum Gasteiger partial charge on any atom is -0.461 e. The number of carbonyl (C=O) groups is 4. The van der Waals surface area contributed by atoms with Crippen molar-refractivity contribution in [1.82, 2.24) is 34.6 Å². The lowest BCUT2D eigenvalue weighted by Gasteiger charge is -2.41. The number of alkyl halides is 1. The number of nitrogens with two attached hydrogens (primary N) is 2. The molecule has 2 amide bonds. The van der Waals surface area contributed by atoms with Gasteiger partial charge >= 0.3 is 24.0 Å². The Morgan fingerprint density at radius 2 is 1.86 bits per heavy atom. The fourth-order valence-electron chi connectivity index (χ4n) is 11.8. The lowest BCUT2D eigenvalue weighted by atomic mass is 9.95. The van der Waals surface area contributed by atoms with E-state index in [1.165, 1.54) is 39.8 Å². The zero-order chi connectivity index (χ0) is 56.9. The smallest absolute Gasteiger partial charge is 0.407 e. The molecule has 81 heavy (non-hydrogen) atoms. The third-order valence-corrected chi connectivity index (χ3v) is 17.0. The minimum atomic E-state index is -1.69. The van der Waals surface area contributed by atoms with Crippen molar-refractivity contribution in [1.29, 1.82) is 5.26 Å². The number of nitrogens with zero attached hydrogens (tertiary/aromatic N) is 8. The second-order valence-electron chi connectivity index (χ2n) is 20.6. The van der Waals surface area contributed by atoms with Crippen LogP contribution in [0.25, 0.3) is 54.4 Å². The number of pyridine rings is 2. The van der Waals surface area contributed by atoms with E-state index in [1.54, 1.807) is 13.0 Å². The van der Waals surface area contributed by atoms with Gasteiger partial charge in [0.1, 0.15) is 66.6 Å². The van der Waals surface area contributed by atoms with E-state index in [9.17, 15) is 38.0 Å². The molecule has 4 atom stereocenters. The Morgan fingerprint density at radius 3 is 2.65 bits per heavy atom. The summed E-state index contributed by atoms with van der Waals surface area (Å²) in [5.41, 5.74) is 12.0. The highest BCUT2D eigenvalue weighted by Crippen LogP contribution is 2.47. The Bertz CT molecular complexity index is 4040. The summed E-state index contributed by atoms with van der Waals surface area (Å²) in [6, 6.07) is 11.1. The zero-order valence-corrected chi connectivity index (χ0v) is 44.5. The third kappa shape index (κ3) is 9.10. The number of hydrogen-bond donors (Lipinski definition) is 3. The maximum Gasteiger partial charge on any atom is 0.407 e. The van der Waals surface area contributed by atoms with E-state index in [-0.39, 0.29) is 133 Å². The van der Waals surface area contributed by atoms with Crippen molar-refractivity contribution in [2.24, 2.45) is 0 Å². The monoisotopic (exact) mass is 1150 g/mol. The summed E-state index contributed by atoms with van der Waals surface area (Å²) in [7, 11) is 0. The number of aromatic nitrogens is 4. The highest BCUT2D eigenvalue weighted by Gasteiger charge is 2.49. The molecule has 9 heterocycles. The van der Waals surface area contributed by atoms with Crippen LogP contribution in [0.4, 0.5) is 38.9 Å². The number of fused-ring (bicyclic) bond motifs is 8. The van der Waals surface area contributed by atoms with Gasteiger partial charge in [0.25, 0.3) is 11.5 Å². The van der Waals surface area contributed by atoms with Crippen LogP contribution in [0, 0.1) is 28.8 Å². The van der Waals surface area contributed by atoms with Crippen LogP contribution in [0.5, 0.6) is 6.01 Å². The maximum absolute atomic E-state index is 17.4. The first-order valence-corrected chi connectivity index (χ1v) is 26.8. The van der Waals surface area contributed by atoms with Gasteiger partial charge in [-0.05, 0) is 62.2 Å². The summed E-state index contributed by atoms with van der Waals surface area (Å²) >= 11 is 7.79. The van der Waals surface area contributed by atoms with Crippen molar-refractivity contribution >= 4 is 95.3 Å². The first-order chi connectivity index (χ1) is 38.8. The first-order valence-electron chi connectivity index (χ1n) is 25.6. The van der Waals surface area contributed by atoms with Crippen LogP contribution in [-0.2, 0) is 41.7 Å². The van der Waals surface area contributed by atoms with Crippen molar-refractivity contribution in [3.63, 3.8) is 0 Å². The lowest BCUT2D eigenvalue weighted by molar-refractivity contribution is -0.171. The molecule has 0 bridgehead atoms. The molecule has 0 saturated carbocycles. The third-order valence-electron chi connectivity index (χ3n) is 15.6. The van der Waals surface area contributed by atoms with Gasteiger partial charge in [0, 0.05) is 83.1 Å². The average molecular weight is 1150 g/mol. The van der Waals surface area contributed by atoms with Crippen LogP contribution in [0.15, 0.2) is 59.4 Å². The molecule has 416 valence electrons. The molecule has 20 nitrogen and oxygen atoms in total. The number of ether oxygens (including phenoxy) is 4. The number of cyclic esters (lactones) is 1. The molecule has 0 radical (unpaired) electrons. The van der Waals surface area contributed by atoms with Crippen molar-refractivity contribution in [2.45, 2.75) is 63.2 Å². The van der Waals surface area contributed by atoms with Gasteiger partial charge in [-0.3, -0.25) is 19.3 Å². The minimum absolute atomic E-state index is 0.0237. The molecule has 0 spiro atoms. The number of anilines is 3. The number of benzene rings is 3. The van der Waals surface area contributed by atoms with Crippen molar-refractivity contribution in [3.05, 3.63) is 110 Å². The Labute approximate surface area is 465 Å². The van der Waals surface area contributed by atoms with E-state index in [4.69, 9.17) is 47.0 Å². The highest BCUT2D eigenvalue weighted by molar-refractivity contribution is 7.23. The van der Waals surface area contributed by atoms with Gasteiger partial charge in [0.05, 0.1) is 55.5 Å². The second-order valence-corrected chi connectivity index (χ2v) is 22.1. The Hall–Kier alpha value is -8.60. The summed E-state index contributed by atoms with van der Waals surface area (Å²) in [6.45, 7) is 5.22. The normalized spacial score (nSPS) is 20.2. The van der Waals surface area contributed by atoms with E-state index in [2.05, 4.69) is 26.8 Å². The number of hydrogen-bond acceptors (Lipinski definition) is 18. The first kappa shape index (κ1) is 53.1. The van der Waals surface area contributed by atoms with Crippen LogP contribution in [0.3, 0.4) is 0 Å². The van der Waals surface area contributed by atoms with Gasteiger partial charge in [-0.15, -0.1) is 11.3 Å². The standard InChI is InChI=1S/C55H46ClF4N11O9S/c1-24(21-78-54(76)64-17-40(72)80-46-30-13-39-44-27(10-26-11-37(62)36(59)14-38(26)65-44)19-71(39)51(74)33(30)22-77-52(46)75)50(73)68-8-9-70(25(2)18-68)49-31-12-34(56)42(29-4-5-35(58)47-41(29)32(16-61)48(63)81-47)43(60)45(31)66-53(67-49)79-23-55-6-3-7-69(55)20-28(57)15-55/h4-5,10-14,25,28,46H,1,3,6-9,15,17-23,62-63H2,2H3,(H,64,76)/t25?,28?,46?,55-/m0/s1. The largest absolute Gasteiger partial charge is 0.461 e. The molecular formula is C55H46ClF4N11O9S. The van der Waals surface area contributed by atoms with Gasteiger partial charge < -0.3 is 50.1 Å². The van der Waals surface area contributed by atoms with Crippen LogP contribution < -0.4 is 32.0 Å². The van der Waals surface area contributed by atoms with Crippen LogP contribution in [-0.4, -0.2) is 123 Å². The number of rotatable bonds is 11. The molecule has 7 aromatic rings. The average Bonchev–Trinajstić information content (AvgIpc) is 3.87. The Kier molecular flexibility index (Phi) is 13.2. The number of nitrogen functional groups attached to an aromatic ring is 2. The molecule has 3 aromatic carbocycles. The van der Waals surface area contributed by atoms with Crippen molar-refractivity contribution in [2.75, 3.05) is 68.8 Å². The molecule has 12 rings (SSSR count). The van der Waals surface area contributed by atoms with E-state index >= 15 is 8.78 Å². The summed E-state index contributed by atoms with van der Waals surface area (Å²) in [6.07, 6.45) is -2.11. The van der Waals surface area contributed by atoms with Crippen LogP contribution in [0.2, 0.25) is 5.02 Å². The predicted molar refractivity (Wildman–Crippen MR) is 288 cm³/mol. The van der Waals surface area contributed by atoms with Gasteiger partial charge in [-0.1, -0.05) is 24.2 Å². The molecule has 5 aliphatic rings. The summed E-state index contributed by atoms with van der Waals surface area (Å²) in [5.74, 6) is -4.66. The zero-order valence-electron chi connectivity index (χ0n) is 42.9. The number of carbonyl (C=O) groups excluding carboxylic acids is 4. The van der Waals surface area contributed by atoms with Crippen molar-refractivity contribution in [3.8, 4) is 34.6 Å². The number of nitriles is 1. The van der Waals surface area contributed by atoms with Crippen molar-refractivity contribution < 1.29 is 55.7 Å². The molecule has 26 heteroatoms. The van der Waals surface area contributed by atoms with E-state index in [0.29, 0.717) is 35.3 Å². The molecule has 0 aliphatic carbocycles. The number of halogens is 5. The number of amides is 2. The number of nitrogens with one attached hydrogen (secondary N) is 1. The van der Waals surface area contributed by atoms with Crippen LogP contribution >= 0.6 is 22.9 Å². The number of esters is 2. The molecule has 5 N–H and O–H groups in total.